The second kappa shape index (κ2) is 5.00. The largest absolute Gasteiger partial charge is 0.507 e. The lowest BCUT2D eigenvalue weighted by molar-refractivity contribution is 0.477. The van der Waals surface area contributed by atoms with E-state index in [0.29, 0.717) is 11.4 Å². The van der Waals surface area contributed by atoms with Crippen LogP contribution < -0.4 is 10.2 Å². The van der Waals surface area contributed by atoms with E-state index in [1.807, 2.05) is 24.5 Å². The average Bonchev–Trinajstić information content (AvgIpc) is 3.09. The Labute approximate surface area is 123 Å². The van der Waals surface area contributed by atoms with Crippen molar-refractivity contribution in [3.63, 3.8) is 0 Å². The van der Waals surface area contributed by atoms with Gasteiger partial charge in [-0.2, -0.15) is 0 Å². The fourth-order valence-electron chi connectivity index (χ4n) is 3.35. The van der Waals surface area contributed by atoms with Crippen molar-refractivity contribution in [3.05, 3.63) is 36.7 Å². The lowest BCUT2D eigenvalue weighted by atomic mass is 10.0. The Balaban J connectivity index is 1.56. The van der Waals surface area contributed by atoms with Gasteiger partial charge in [-0.05, 0) is 24.0 Å². The van der Waals surface area contributed by atoms with Gasteiger partial charge in [0.05, 0.1) is 23.6 Å². The molecule has 21 heavy (non-hydrogen) atoms. The highest BCUT2D eigenvalue weighted by Gasteiger charge is 2.36. The predicted molar refractivity (Wildman–Crippen MR) is 81.2 cm³/mol. The number of nitrogens with one attached hydrogen (secondary N) is 1. The molecule has 4 rings (SSSR count). The number of fused-ring (bicyclic) bond motifs is 1. The second-order valence-corrected chi connectivity index (χ2v) is 5.87. The van der Waals surface area contributed by atoms with Gasteiger partial charge in [0, 0.05) is 26.2 Å². The number of para-hydroxylation sites is 1. The molecule has 0 aliphatic carbocycles. The summed E-state index contributed by atoms with van der Waals surface area (Å²) in [6.07, 6.45) is 3.73. The van der Waals surface area contributed by atoms with Gasteiger partial charge in [0.15, 0.2) is 5.82 Å². The van der Waals surface area contributed by atoms with Crippen molar-refractivity contribution in [3.8, 4) is 17.1 Å². The van der Waals surface area contributed by atoms with Crippen LogP contribution in [0.1, 0.15) is 0 Å². The zero-order valence-electron chi connectivity index (χ0n) is 11.7. The van der Waals surface area contributed by atoms with E-state index in [9.17, 15) is 5.11 Å². The molecule has 5 nitrogen and oxygen atoms in total. The van der Waals surface area contributed by atoms with Crippen LogP contribution >= 0.6 is 0 Å². The molecular weight excluding hydrogens is 264 g/mol. The predicted octanol–water partition coefficient (Wildman–Crippen LogP) is 1.50. The highest BCUT2D eigenvalue weighted by Crippen LogP contribution is 2.31. The number of nitrogens with zero attached hydrogens (tertiary/aromatic N) is 3. The van der Waals surface area contributed by atoms with E-state index in [4.69, 9.17) is 0 Å². The minimum absolute atomic E-state index is 0.215. The highest BCUT2D eigenvalue weighted by molar-refractivity contribution is 5.64. The van der Waals surface area contributed by atoms with Crippen LogP contribution in [0.3, 0.4) is 0 Å². The first-order valence-electron chi connectivity index (χ1n) is 7.37. The molecule has 2 N–H and O–H groups in total. The third-order valence-corrected chi connectivity index (χ3v) is 4.54. The molecule has 2 aliphatic rings. The van der Waals surface area contributed by atoms with Crippen molar-refractivity contribution in [2.45, 2.75) is 0 Å². The molecule has 2 unspecified atom stereocenters. The van der Waals surface area contributed by atoms with Gasteiger partial charge in [-0.15, -0.1) is 0 Å². The zero-order valence-corrected chi connectivity index (χ0v) is 11.7. The molecule has 0 amide bonds. The number of rotatable bonds is 2. The van der Waals surface area contributed by atoms with Gasteiger partial charge in [-0.3, -0.25) is 0 Å². The van der Waals surface area contributed by atoms with E-state index in [2.05, 4.69) is 20.2 Å². The third-order valence-electron chi connectivity index (χ3n) is 4.54. The number of aromatic hydroxyl groups is 1. The summed E-state index contributed by atoms with van der Waals surface area (Å²) in [6.45, 7) is 4.41. The van der Waals surface area contributed by atoms with Crippen LogP contribution in [0.4, 0.5) is 5.69 Å². The van der Waals surface area contributed by atoms with Crippen LogP contribution in [0.5, 0.6) is 5.75 Å². The monoisotopic (exact) mass is 282 g/mol. The molecular formula is C16H18N4O. The number of aromatic nitrogens is 2. The maximum absolute atomic E-state index is 9.86. The average molecular weight is 282 g/mol. The van der Waals surface area contributed by atoms with Gasteiger partial charge in [0.2, 0.25) is 0 Å². The number of benzene rings is 1. The minimum Gasteiger partial charge on any atom is -0.507 e. The van der Waals surface area contributed by atoms with Gasteiger partial charge in [0.25, 0.3) is 0 Å². The van der Waals surface area contributed by atoms with Crippen molar-refractivity contribution in [1.29, 1.82) is 0 Å². The topological polar surface area (TPSA) is 61.3 Å². The molecule has 2 aromatic rings. The molecule has 0 saturated carbocycles. The summed E-state index contributed by atoms with van der Waals surface area (Å²) >= 11 is 0. The quantitative estimate of drug-likeness (QED) is 0.874. The summed E-state index contributed by atoms with van der Waals surface area (Å²) in [7, 11) is 0. The number of phenols is 1. The summed E-state index contributed by atoms with van der Waals surface area (Å²) < 4.78 is 0. The van der Waals surface area contributed by atoms with Crippen molar-refractivity contribution in [2.24, 2.45) is 11.8 Å². The van der Waals surface area contributed by atoms with Gasteiger partial charge in [-0.25, -0.2) is 9.97 Å². The number of phenolic OH excluding ortho intramolecular Hbond substituents is 1. The Morgan fingerprint density at radius 3 is 2.38 bits per heavy atom. The molecule has 2 atom stereocenters. The maximum Gasteiger partial charge on any atom is 0.163 e. The Morgan fingerprint density at radius 2 is 1.71 bits per heavy atom. The standard InChI is InChI=1S/C16H18N4O/c21-15-4-2-1-3-14(15)16-18-7-13(8-19-16)20-9-11-5-17-6-12(11)10-20/h1-4,7-8,11-12,17,21H,5-6,9-10H2. The third kappa shape index (κ3) is 2.23. The minimum atomic E-state index is 0.215. The van der Waals surface area contributed by atoms with Gasteiger partial charge in [-0.1, -0.05) is 12.1 Å². The lowest BCUT2D eigenvalue weighted by Gasteiger charge is -2.19. The van der Waals surface area contributed by atoms with Crippen LogP contribution in [0.2, 0.25) is 0 Å². The normalized spacial score (nSPS) is 24.3. The smallest absolute Gasteiger partial charge is 0.163 e. The molecule has 3 heterocycles. The summed E-state index contributed by atoms with van der Waals surface area (Å²) in [5.41, 5.74) is 1.75. The summed E-state index contributed by atoms with van der Waals surface area (Å²) in [6, 6.07) is 7.16. The fourth-order valence-corrected chi connectivity index (χ4v) is 3.35. The molecule has 0 spiro atoms. The second-order valence-electron chi connectivity index (χ2n) is 5.87. The summed E-state index contributed by atoms with van der Waals surface area (Å²) in [4.78, 5) is 11.2. The lowest BCUT2D eigenvalue weighted by Crippen LogP contribution is -2.25. The molecule has 2 fully saturated rings. The fraction of sp³-hybridized carbons (Fsp3) is 0.375. The molecule has 5 heteroatoms. The summed E-state index contributed by atoms with van der Waals surface area (Å²) in [5, 5.41) is 13.3. The molecule has 2 saturated heterocycles. The van der Waals surface area contributed by atoms with Gasteiger partial charge >= 0.3 is 0 Å². The first kappa shape index (κ1) is 12.6. The summed E-state index contributed by atoms with van der Waals surface area (Å²) in [5.74, 6) is 2.29. The van der Waals surface area contributed by atoms with E-state index in [1.54, 1.807) is 12.1 Å². The van der Waals surface area contributed by atoms with Crippen molar-refractivity contribution >= 4 is 5.69 Å². The first-order chi connectivity index (χ1) is 10.3. The van der Waals surface area contributed by atoms with Crippen LogP contribution in [0.25, 0.3) is 11.4 Å². The SMILES string of the molecule is Oc1ccccc1-c1ncc(N2CC3CNCC3C2)cn1. The van der Waals surface area contributed by atoms with Crippen molar-refractivity contribution in [1.82, 2.24) is 15.3 Å². The van der Waals surface area contributed by atoms with E-state index < -0.39 is 0 Å². The number of hydrogen-bond acceptors (Lipinski definition) is 5. The van der Waals surface area contributed by atoms with Crippen LogP contribution in [0, 0.1) is 11.8 Å². The molecule has 0 bridgehead atoms. The Hall–Kier alpha value is -2.14. The van der Waals surface area contributed by atoms with Crippen LogP contribution in [0.15, 0.2) is 36.7 Å². The number of hydrogen-bond donors (Lipinski definition) is 2. The van der Waals surface area contributed by atoms with E-state index in [1.165, 1.54) is 0 Å². The van der Waals surface area contributed by atoms with E-state index in [0.717, 1.165) is 43.7 Å². The molecule has 0 radical (unpaired) electrons. The Kier molecular flexibility index (Phi) is 3.00. The van der Waals surface area contributed by atoms with Crippen LogP contribution in [-0.4, -0.2) is 41.3 Å². The first-order valence-corrected chi connectivity index (χ1v) is 7.37. The maximum atomic E-state index is 9.86. The Morgan fingerprint density at radius 1 is 1.05 bits per heavy atom. The number of anilines is 1. The molecule has 108 valence electrons. The molecule has 1 aromatic heterocycles. The highest BCUT2D eigenvalue weighted by atomic mass is 16.3. The van der Waals surface area contributed by atoms with Crippen molar-refractivity contribution < 1.29 is 5.11 Å². The van der Waals surface area contributed by atoms with E-state index in [-0.39, 0.29) is 5.75 Å². The van der Waals surface area contributed by atoms with Crippen LogP contribution in [-0.2, 0) is 0 Å². The van der Waals surface area contributed by atoms with Crippen molar-refractivity contribution in [2.75, 3.05) is 31.1 Å². The Bertz CT molecular complexity index is 631. The van der Waals surface area contributed by atoms with Gasteiger partial charge < -0.3 is 15.3 Å². The van der Waals surface area contributed by atoms with E-state index >= 15 is 0 Å². The van der Waals surface area contributed by atoms with Gasteiger partial charge in [0.1, 0.15) is 5.75 Å². The molecule has 1 aromatic carbocycles. The molecule has 2 aliphatic heterocycles. The zero-order chi connectivity index (χ0) is 14.2.